The molecule has 0 saturated carbocycles. The lowest BCUT2D eigenvalue weighted by atomic mass is 10.1. The van der Waals surface area contributed by atoms with Crippen LogP contribution in [0.25, 0.3) is 23.1 Å². The molecule has 2 heterocycles. The Kier molecular flexibility index (Phi) is 4.75. The van der Waals surface area contributed by atoms with Gasteiger partial charge in [0, 0.05) is 11.8 Å². The molecule has 4 aromatic rings. The summed E-state index contributed by atoms with van der Waals surface area (Å²) < 4.78 is 20.9. The number of rotatable bonds is 5. The summed E-state index contributed by atoms with van der Waals surface area (Å²) in [5.74, 6) is 0.160. The normalized spacial score (nSPS) is 11.0. The van der Waals surface area contributed by atoms with Crippen molar-refractivity contribution in [1.82, 2.24) is 20.2 Å². The second-order valence-corrected chi connectivity index (χ2v) is 5.81. The van der Waals surface area contributed by atoms with Crippen molar-refractivity contribution in [1.29, 1.82) is 0 Å². The van der Waals surface area contributed by atoms with Gasteiger partial charge in [-0.2, -0.15) is 0 Å². The summed E-state index contributed by atoms with van der Waals surface area (Å²) in [6.07, 6.45) is 4.35. The van der Waals surface area contributed by atoms with E-state index in [-0.39, 0.29) is 11.7 Å². The average molecular weight is 375 g/mol. The SMILES string of the molecule is O=C(C=Cc1ccc(-c2ccccc2F)o1)Nc1ccc(-n2cnnn2)cc1. The molecule has 0 fully saturated rings. The van der Waals surface area contributed by atoms with Gasteiger partial charge in [-0.3, -0.25) is 4.79 Å². The summed E-state index contributed by atoms with van der Waals surface area (Å²) in [5, 5.41) is 13.7. The van der Waals surface area contributed by atoms with E-state index in [0.29, 0.717) is 22.8 Å². The Bertz CT molecular complexity index is 1120. The number of benzene rings is 2. The zero-order valence-corrected chi connectivity index (χ0v) is 14.5. The Hall–Kier alpha value is -4.07. The number of carbonyl (C=O) groups is 1. The molecule has 0 atom stereocenters. The average Bonchev–Trinajstić information content (AvgIpc) is 3.40. The molecule has 0 aliphatic rings. The Morgan fingerprint density at radius 1 is 1.07 bits per heavy atom. The van der Waals surface area contributed by atoms with Gasteiger partial charge in [-0.25, -0.2) is 9.07 Å². The third-order valence-corrected chi connectivity index (χ3v) is 3.91. The van der Waals surface area contributed by atoms with E-state index >= 15 is 0 Å². The van der Waals surface area contributed by atoms with E-state index in [9.17, 15) is 9.18 Å². The number of furan rings is 1. The molecule has 4 rings (SSSR count). The molecule has 2 aromatic carbocycles. The highest BCUT2D eigenvalue weighted by Crippen LogP contribution is 2.25. The molecule has 138 valence electrons. The fourth-order valence-corrected chi connectivity index (χ4v) is 2.57. The number of halogens is 1. The van der Waals surface area contributed by atoms with Crippen molar-refractivity contribution in [2.75, 3.05) is 5.32 Å². The molecule has 1 N–H and O–H groups in total. The van der Waals surface area contributed by atoms with Gasteiger partial charge in [0.2, 0.25) is 5.91 Å². The molecule has 0 aliphatic carbocycles. The number of tetrazole rings is 1. The molecule has 8 heteroatoms. The number of amides is 1. The van der Waals surface area contributed by atoms with Crippen LogP contribution in [-0.2, 0) is 4.79 Å². The van der Waals surface area contributed by atoms with Crippen molar-refractivity contribution in [3.63, 3.8) is 0 Å². The maximum Gasteiger partial charge on any atom is 0.248 e. The Labute approximate surface area is 159 Å². The van der Waals surface area contributed by atoms with Crippen LogP contribution >= 0.6 is 0 Å². The van der Waals surface area contributed by atoms with Gasteiger partial charge in [-0.15, -0.1) is 5.10 Å². The summed E-state index contributed by atoms with van der Waals surface area (Å²) in [5.41, 5.74) is 1.77. The van der Waals surface area contributed by atoms with Crippen LogP contribution in [0.3, 0.4) is 0 Å². The van der Waals surface area contributed by atoms with E-state index in [1.165, 1.54) is 29.2 Å². The van der Waals surface area contributed by atoms with Crippen LogP contribution in [0.15, 0.2) is 77.5 Å². The minimum atomic E-state index is -0.366. The molecule has 0 radical (unpaired) electrons. The quantitative estimate of drug-likeness (QED) is 0.538. The van der Waals surface area contributed by atoms with Crippen LogP contribution in [-0.4, -0.2) is 26.1 Å². The number of aromatic nitrogens is 4. The highest BCUT2D eigenvalue weighted by Gasteiger charge is 2.08. The first kappa shape index (κ1) is 17.3. The van der Waals surface area contributed by atoms with E-state index in [4.69, 9.17) is 4.42 Å². The number of carbonyl (C=O) groups excluding carboxylic acids is 1. The standard InChI is InChI=1S/C20H14FN5O2/c21-18-4-2-1-3-17(18)19-11-9-16(28-19)10-12-20(27)23-14-5-7-15(8-6-14)26-13-22-24-25-26/h1-13H,(H,23,27). The van der Waals surface area contributed by atoms with E-state index in [0.717, 1.165) is 5.69 Å². The summed E-state index contributed by atoms with van der Waals surface area (Å²) in [6.45, 7) is 0. The van der Waals surface area contributed by atoms with E-state index in [1.54, 1.807) is 54.6 Å². The maximum atomic E-state index is 13.8. The first-order chi connectivity index (χ1) is 13.7. The third-order valence-electron chi connectivity index (χ3n) is 3.91. The van der Waals surface area contributed by atoms with Gasteiger partial charge in [0.1, 0.15) is 23.7 Å². The largest absolute Gasteiger partial charge is 0.457 e. The fraction of sp³-hybridized carbons (Fsp3) is 0. The van der Waals surface area contributed by atoms with Crippen molar-refractivity contribution < 1.29 is 13.6 Å². The maximum absolute atomic E-state index is 13.8. The minimum absolute atomic E-state index is 0.320. The summed E-state index contributed by atoms with van der Waals surface area (Å²) in [6, 6.07) is 16.7. The van der Waals surface area contributed by atoms with E-state index < -0.39 is 0 Å². The molecule has 0 aliphatic heterocycles. The number of hydrogen-bond donors (Lipinski definition) is 1. The lowest BCUT2D eigenvalue weighted by Gasteiger charge is -2.03. The van der Waals surface area contributed by atoms with Gasteiger partial charge in [-0.05, 0) is 65.0 Å². The predicted molar refractivity (Wildman–Crippen MR) is 101 cm³/mol. The Balaban J connectivity index is 1.40. The van der Waals surface area contributed by atoms with Gasteiger partial charge >= 0.3 is 0 Å². The third kappa shape index (κ3) is 3.85. The molecular weight excluding hydrogens is 361 g/mol. The second kappa shape index (κ2) is 7.67. The molecule has 0 saturated heterocycles. The minimum Gasteiger partial charge on any atom is -0.457 e. The highest BCUT2D eigenvalue weighted by atomic mass is 19.1. The molecule has 28 heavy (non-hydrogen) atoms. The molecule has 0 bridgehead atoms. The zero-order chi connectivity index (χ0) is 19.3. The molecule has 1 amide bonds. The smallest absolute Gasteiger partial charge is 0.248 e. The van der Waals surface area contributed by atoms with Gasteiger partial charge < -0.3 is 9.73 Å². The number of hydrogen-bond acceptors (Lipinski definition) is 5. The summed E-state index contributed by atoms with van der Waals surface area (Å²) in [4.78, 5) is 12.1. The van der Waals surface area contributed by atoms with Crippen molar-refractivity contribution in [3.8, 4) is 17.0 Å². The van der Waals surface area contributed by atoms with E-state index in [1.807, 2.05) is 0 Å². The van der Waals surface area contributed by atoms with Crippen molar-refractivity contribution in [3.05, 3.63) is 84.6 Å². The van der Waals surface area contributed by atoms with Gasteiger partial charge in [0.15, 0.2) is 0 Å². The first-order valence-corrected chi connectivity index (χ1v) is 8.36. The number of nitrogens with one attached hydrogen (secondary N) is 1. The monoisotopic (exact) mass is 375 g/mol. The first-order valence-electron chi connectivity index (χ1n) is 8.36. The van der Waals surface area contributed by atoms with Gasteiger partial charge in [-0.1, -0.05) is 12.1 Å². The van der Waals surface area contributed by atoms with Crippen molar-refractivity contribution >= 4 is 17.7 Å². The predicted octanol–water partition coefficient (Wildman–Crippen LogP) is 3.71. The lowest BCUT2D eigenvalue weighted by Crippen LogP contribution is -2.07. The molecular formula is C20H14FN5O2. The number of nitrogens with zero attached hydrogens (tertiary/aromatic N) is 4. The lowest BCUT2D eigenvalue weighted by molar-refractivity contribution is -0.111. The molecule has 0 unspecified atom stereocenters. The Morgan fingerprint density at radius 3 is 2.64 bits per heavy atom. The van der Waals surface area contributed by atoms with Crippen LogP contribution in [0, 0.1) is 5.82 Å². The van der Waals surface area contributed by atoms with Crippen LogP contribution in [0.5, 0.6) is 0 Å². The molecule has 7 nitrogen and oxygen atoms in total. The number of anilines is 1. The van der Waals surface area contributed by atoms with Crippen LogP contribution in [0.1, 0.15) is 5.76 Å². The van der Waals surface area contributed by atoms with Crippen molar-refractivity contribution in [2.24, 2.45) is 0 Å². The fourth-order valence-electron chi connectivity index (χ4n) is 2.57. The molecule has 0 spiro atoms. The zero-order valence-electron chi connectivity index (χ0n) is 14.5. The van der Waals surface area contributed by atoms with Crippen molar-refractivity contribution in [2.45, 2.75) is 0 Å². The topological polar surface area (TPSA) is 85.8 Å². The summed E-state index contributed by atoms with van der Waals surface area (Å²) in [7, 11) is 0. The second-order valence-electron chi connectivity index (χ2n) is 5.81. The molecule has 2 aromatic heterocycles. The van der Waals surface area contributed by atoms with Crippen LogP contribution < -0.4 is 5.32 Å². The summed E-state index contributed by atoms with van der Waals surface area (Å²) >= 11 is 0. The van der Waals surface area contributed by atoms with E-state index in [2.05, 4.69) is 20.8 Å². The Morgan fingerprint density at radius 2 is 1.89 bits per heavy atom. The van der Waals surface area contributed by atoms with Crippen LogP contribution in [0.2, 0.25) is 0 Å². The van der Waals surface area contributed by atoms with Gasteiger partial charge in [0.05, 0.1) is 11.3 Å². The highest BCUT2D eigenvalue weighted by molar-refractivity contribution is 6.01. The van der Waals surface area contributed by atoms with Gasteiger partial charge in [0.25, 0.3) is 0 Å². The van der Waals surface area contributed by atoms with Crippen LogP contribution in [0.4, 0.5) is 10.1 Å².